The second-order valence-electron chi connectivity index (χ2n) is 7.60. The quantitative estimate of drug-likeness (QED) is 0.426. The molecule has 1 aromatic carbocycles. The molecule has 0 spiro atoms. The first-order valence-electron chi connectivity index (χ1n) is 10.8. The van der Waals surface area contributed by atoms with E-state index in [9.17, 15) is 4.79 Å². The number of hydrogen-bond donors (Lipinski definition) is 2. The van der Waals surface area contributed by atoms with Gasteiger partial charge in [0, 0.05) is 55.9 Å². The predicted octanol–water partition coefficient (Wildman–Crippen LogP) is 3.37. The Hall–Kier alpha value is -3.56. The molecule has 0 aliphatic carbocycles. The molecular weight excluding hydrogens is 434 g/mol. The summed E-state index contributed by atoms with van der Waals surface area (Å²) in [5.74, 6) is 1.61. The van der Waals surface area contributed by atoms with E-state index in [0.29, 0.717) is 22.2 Å². The lowest BCUT2D eigenvalue weighted by molar-refractivity contribution is 0.102. The van der Waals surface area contributed by atoms with E-state index in [-0.39, 0.29) is 5.91 Å². The summed E-state index contributed by atoms with van der Waals surface area (Å²) in [6.07, 6.45) is 5.24. The van der Waals surface area contributed by atoms with Gasteiger partial charge in [-0.1, -0.05) is 36.0 Å². The SMILES string of the molecule is O=C(Nc1cc2ccccc2cn1)c1cccnc1SCc1ccnc(N2CCNCC2)n1. The molecular formula is C24H23N7OS. The number of nitrogens with one attached hydrogen (secondary N) is 2. The first-order chi connectivity index (χ1) is 16.3. The van der Waals surface area contributed by atoms with Crippen LogP contribution in [-0.4, -0.2) is 52.0 Å². The molecule has 0 radical (unpaired) electrons. The highest BCUT2D eigenvalue weighted by atomic mass is 32.2. The maximum Gasteiger partial charge on any atom is 0.259 e. The lowest BCUT2D eigenvalue weighted by Gasteiger charge is -2.27. The number of rotatable bonds is 6. The van der Waals surface area contributed by atoms with Crippen molar-refractivity contribution in [1.29, 1.82) is 0 Å². The molecule has 1 aliphatic rings. The van der Waals surface area contributed by atoms with Crippen molar-refractivity contribution in [2.75, 3.05) is 36.4 Å². The van der Waals surface area contributed by atoms with Crippen molar-refractivity contribution in [2.45, 2.75) is 10.8 Å². The second kappa shape index (κ2) is 9.93. The molecule has 1 fully saturated rings. The molecule has 4 aromatic rings. The molecule has 0 unspecified atom stereocenters. The average Bonchev–Trinajstić information content (AvgIpc) is 2.88. The van der Waals surface area contributed by atoms with E-state index >= 15 is 0 Å². The van der Waals surface area contributed by atoms with Crippen LogP contribution in [0.2, 0.25) is 0 Å². The maximum absolute atomic E-state index is 13.0. The predicted molar refractivity (Wildman–Crippen MR) is 131 cm³/mol. The van der Waals surface area contributed by atoms with Crippen molar-refractivity contribution in [1.82, 2.24) is 25.3 Å². The van der Waals surface area contributed by atoms with Gasteiger partial charge in [0.2, 0.25) is 5.95 Å². The van der Waals surface area contributed by atoms with Gasteiger partial charge in [-0.2, -0.15) is 0 Å². The van der Waals surface area contributed by atoms with Crippen molar-refractivity contribution in [3.8, 4) is 0 Å². The summed E-state index contributed by atoms with van der Waals surface area (Å²) in [6.45, 7) is 3.65. The van der Waals surface area contributed by atoms with Gasteiger partial charge >= 0.3 is 0 Å². The maximum atomic E-state index is 13.0. The van der Waals surface area contributed by atoms with Crippen LogP contribution in [0.5, 0.6) is 0 Å². The summed E-state index contributed by atoms with van der Waals surface area (Å²) >= 11 is 1.48. The average molecular weight is 458 g/mol. The van der Waals surface area contributed by atoms with Gasteiger partial charge in [0.15, 0.2) is 0 Å². The summed E-state index contributed by atoms with van der Waals surface area (Å²) in [5, 5.41) is 8.93. The standard InChI is InChI=1S/C24H23N7OS/c32-22(30-21-14-17-4-1-2-5-18(17)15-28-21)20-6-3-8-26-23(20)33-16-19-7-9-27-24(29-19)31-12-10-25-11-13-31/h1-9,14-15,25H,10-13,16H2,(H,28,30,32). The van der Waals surface area contributed by atoms with Crippen LogP contribution in [0.3, 0.4) is 0 Å². The van der Waals surface area contributed by atoms with Crippen molar-refractivity contribution >= 4 is 40.2 Å². The number of pyridine rings is 2. The number of fused-ring (bicyclic) bond motifs is 1. The number of amides is 1. The van der Waals surface area contributed by atoms with Gasteiger partial charge in [0.25, 0.3) is 5.91 Å². The first-order valence-corrected chi connectivity index (χ1v) is 11.8. The molecule has 0 saturated carbocycles. The number of benzene rings is 1. The molecule has 0 atom stereocenters. The molecule has 1 aliphatic heterocycles. The van der Waals surface area contributed by atoms with Gasteiger partial charge < -0.3 is 15.5 Å². The van der Waals surface area contributed by atoms with Crippen LogP contribution in [0.1, 0.15) is 16.1 Å². The third-order valence-electron chi connectivity index (χ3n) is 5.35. The van der Waals surface area contributed by atoms with Crippen LogP contribution in [0.25, 0.3) is 10.8 Å². The number of anilines is 2. The number of aromatic nitrogens is 4. The molecule has 4 heterocycles. The van der Waals surface area contributed by atoms with Gasteiger partial charge in [-0.3, -0.25) is 4.79 Å². The summed E-state index contributed by atoms with van der Waals surface area (Å²) in [5.41, 5.74) is 1.41. The Morgan fingerprint density at radius 1 is 1.00 bits per heavy atom. The van der Waals surface area contributed by atoms with Crippen LogP contribution < -0.4 is 15.5 Å². The van der Waals surface area contributed by atoms with E-state index in [4.69, 9.17) is 4.98 Å². The van der Waals surface area contributed by atoms with Crippen LogP contribution in [0, 0.1) is 0 Å². The third kappa shape index (κ3) is 5.10. The lowest BCUT2D eigenvalue weighted by Crippen LogP contribution is -2.44. The van der Waals surface area contributed by atoms with Gasteiger partial charge in [0.1, 0.15) is 10.8 Å². The Kier molecular flexibility index (Phi) is 6.41. The smallest absolute Gasteiger partial charge is 0.259 e. The molecule has 5 rings (SSSR count). The molecule has 1 saturated heterocycles. The molecule has 33 heavy (non-hydrogen) atoms. The van der Waals surface area contributed by atoms with E-state index in [1.807, 2.05) is 36.4 Å². The van der Waals surface area contributed by atoms with Crippen LogP contribution in [-0.2, 0) is 5.75 Å². The highest BCUT2D eigenvalue weighted by Gasteiger charge is 2.16. The second-order valence-corrected chi connectivity index (χ2v) is 8.56. The fourth-order valence-electron chi connectivity index (χ4n) is 3.64. The Labute approximate surface area is 195 Å². The lowest BCUT2D eigenvalue weighted by atomic mass is 10.2. The summed E-state index contributed by atoms with van der Waals surface area (Å²) in [7, 11) is 0. The van der Waals surface area contributed by atoms with E-state index in [2.05, 4.69) is 30.5 Å². The number of carbonyl (C=O) groups excluding carboxylic acids is 1. The van der Waals surface area contributed by atoms with Crippen molar-refractivity contribution in [3.05, 3.63) is 78.4 Å². The zero-order chi connectivity index (χ0) is 22.5. The van der Waals surface area contributed by atoms with Crippen molar-refractivity contribution in [2.24, 2.45) is 0 Å². The topological polar surface area (TPSA) is 95.9 Å². The van der Waals surface area contributed by atoms with Crippen LogP contribution in [0.15, 0.2) is 72.1 Å². The molecule has 1 amide bonds. The van der Waals surface area contributed by atoms with Gasteiger partial charge in [-0.15, -0.1) is 0 Å². The van der Waals surface area contributed by atoms with E-state index in [0.717, 1.165) is 48.6 Å². The van der Waals surface area contributed by atoms with Crippen LogP contribution in [0.4, 0.5) is 11.8 Å². The minimum atomic E-state index is -0.238. The summed E-state index contributed by atoms with van der Waals surface area (Å²) < 4.78 is 0. The third-order valence-corrected chi connectivity index (χ3v) is 6.38. The minimum Gasteiger partial charge on any atom is -0.338 e. The fraction of sp³-hybridized carbons (Fsp3) is 0.208. The monoisotopic (exact) mass is 457 g/mol. The number of thioether (sulfide) groups is 1. The van der Waals surface area contributed by atoms with Crippen molar-refractivity contribution in [3.63, 3.8) is 0 Å². The Morgan fingerprint density at radius 2 is 1.85 bits per heavy atom. The summed E-state index contributed by atoms with van der Waals surface area (Å²) in [6, 6.07) is 15.2. The van der Waals surface area contributed by atoms with Gasteiger partial charge in [0.05, 0.1) is 11.3 Å². The molecule has 2 N–H and O–H groups in total. The van der Waals surface area contributed by atoms with E-state index in [1.54, 1.807) is 30.7 Å². The van der Waals surface area contributed by atoms with E-state index < -0.39 is 0 Å². The normalized spacial score (nSPS) is 13.8. The highest BCUT2D eigenvalue weighted by Crippen LogP contribution is 2.25. The number of piperazine rings is 1. The Morgan fingerprint density at radius 3 is 2.73 bits per heavy atom. The number of hydrogen-bond acceptors (Lipinski definition) is 8. The molecule has 166 valence electrons. The molecule has 3 aromatic heterocycles. The molecule has 8 nitrogen and oxygen atoms in total. The minimum absolute atomic E-state index is 0.238. The largest absolute Gasteiger partial charge is 0.338 e. The van der Waals surface area contributed by atoms with E-state index in [1.165, 1.54) is 11.8 Å². The van der Waals surface area contributed by atoms with Crippen molar-refractivity contribution < 1.29 is 4.79 Å². The summed E-state index contributed by atoms with van der Waals surface area (Å²) in [4.78, 5) is 33.1. The number of carbonyl (C=O) groups is 1. The molecule has 0 bridgehead atoms. The Balaban J connectivity index is 1.29. The van der Waals surface area contributed by atoms with Gasteiger partial charge in [-0.05, 0) is 29.7 Å². The van der Waals surface area contributed by atoms with Crippen LogP contribution >= 0.6 is 11.8 Å². The first kappa shape index (κ1) is 21.3. The fourth-order valence-corrected chi connectivity index (χ4v) is 4.54. The Bertz CT molecular complexity index is 1280. The zero-order valence-corrected chi connectivity index (χ0v) is 18.8. The molecule has 9 heteroatoms. The highest BCUT2D eigenvalue weighted by molar-refractivity contribution is 7.98. The number of nitrogens with zero attached hydrogens (tertiary/aromatic N) is 5. The zero-order valence-electron chi connectivity index (χ0n) is 17.9. The van der Waals surface area contributed by atoms with Gasteiger partial charge in [-0.25, -0.2) is 19.9 Å².